The highest BCUT2D eigenvalue weighted by Crippen LogP contribution is 2.26. The van der Waals surface area contributed by atoms with Crippen LogP contribution in [0, 0.1) is 0 Å². The highest BCUT2D eigenvalue weighted by molar-refractivity contribution is 5.94. The quantitative estimate of drug-likeness (QED) is 0.552. The van der Waals surface area contributed by atoms with Crippen molar-refractivity contribution in [3.63, 3.8) is 0 Å². The Bertz CT molecular complexity index is 793. The molecule has 6 nitrogen and oxygen atoms in total. The lowest BCUT2D eigenvalue weighted by Crippen LogP contribution is -2.26. The summed E-state index contributed by atoms with van der Waals surface area (Å²) in [4.78, 5) is 23.3. The molecule has 0 aromatic heterocycles. The van der Waals surface area contributed by atoms with Crippen molar-refractivity contribution in [2.75, 3.05) is 30.3 Å². The van der Waals surface area contributed by atoms with Crippen LogP contribution in [0.1, 0.15) is 31.2 Å². The van der Waals surface area contributed by atoms with E-state index in [0.29, 0.717) is 32.4 Å². The van der Waals surface area contributed by atoms with Crippen molar-refractivity contribution < 1.29 is 14.3 Å². The summed E-state index contributed by atoms with van der Waals surface area (Å²) in [6.07, 6.45) is 3.25. The topological polar surface area (TPSA) is 79.5 Å². The van der Waals surface area contributed by atoms with Gasteiger partial charge in [-0.1, -0.05) is 18.2 Å². The van der Waals surface area contributed by atoms with Crippen molar-refractivity contribution in [2.24, 2.45) is 0 Å². The van der Waals surface area contributed by atoms with Gasteiger partial charge in [-0.15, -0.1) is 0 Å². The number of hydrogen-bond donors (Lipinski definition) is 3. The average molecular weight is 381 g/mol. The zero-order valence-electron chi connectivity index (χ0n) is 16.0. The standard InChI is InChI=1S/C22H27N3O3/c26-21(24-14-5-13-23-18-6-2-1-3-7-18)8-4-15-28-19-10-11-20-17(16-19)9-12-22(27)25-20/h1-3,6-7,10-11,16,23H,4-5,8-9,12-15H2,(H,24,26)(H,25,27). The molecule has 1 aliphatic heterocycles. The molecule has 6 heteroatoms. The number of para-hydroxylation sites is 1. The predicted octanol–water partition coefficient (Wildman–Crippen LogP) is 3.35. The maximum atomic E-state index is 11.9. The second-order valence-electron chi connectivity index (χ2n) is 6.82. The molecule has 0 radical (unpaired) electrons. The fraction of sp³-hybridized carbons (Fsp3) is 0.364. The molecular weight excluding hydrogens is 354 g/mol. The van der Waals surface area contributed by atoms with E-state index in [0.717, 1.165) is 42.1 Å². The first-order chi connectivity index (χ1) is 13.7. The molecule has 0 saturated carbocycles. The third-order valence-corrected chi connectivity index (χ3v) is 4.57. The van der Waals surface area contributed by atoms with E-state index < -0.39 is 0 Å². The van der Waals surface area contributed by atoms with Gasteiger partial charge >= 0.3 is 0 Å². The average Bonchev–Trinajstić information content (AvgIpc) is 2.72. The predicted molar refractivity (Wildman–Crippen MR) is 111 cm³/mol. The third kappa shape index (κ3) is 6.30. The van der Waals surface area contributed by atoms with Gasteiger partial charge in [-0.3, -0.25) is 9.59 Å². The van der Waals surface area contributed by atoms with Gasteiger partial charge in [-0.2, -0.15) is 0 Å². The molecular formula is C22H27N3O3. The van der Waals surface area contributed by atoms with Crippen LogP contribution in [0.25, 0.3) is 0 Å². The number of carbonyl (C=O) groups excluding carboxylic acids is 2. The number of nitrogens with one attached hydrogen (secondary N) is 3. The highest BCUT2D eigenvalue weighted by Gasteiger charge is 2.15. The zero-order valence-corrected chi connectivity index (χ0v) is 16.0. The molecule has 0 saturated heterocycles. The van der Waals surface area contributed by atoms with Crippen LogP contribution in [0.5, 0.6) is 5.75 Å². The van der Waals surface area contributed by atoms with E-state index in [1.165, 1.54) is 0 Å². The van der Waals surface area contributed by atoms with Crippen molar-refractivity contribution in [1.82, 2.24) is 5.32 Å². The first-order valence-electron chi connectivity index (χ1n) is 9.82. The molecule has 2 amide bonds. The minimum absolute atomic E-state index is 0.0523. The van der Waals surface area contributed by atoms with Gasteiger partial charge in [0.1, 0.15) is 5.75 Å². The third-order valence-electron chi connectivity index (χ3n) is 4.57. The summed E-state index contributed by atoms with van der Waals surface area (Å²) in [6, 6.07) is 15.7. The minimum atomic E-state index is 0.0523. The number of anilines is 2. The summed E-state index contributed by atoms with van der Waals surface area (Å²) in [5, 5.41) is 9.11. The molecule has 0 atom stereocenters. The monoisotopic (exact) mass is 381 g/mol. The summed E-state index contributed by atoms with van der Waals surface area (Å²) >= 11 is 0. The zero-order chi connectivity index (χ0) is 19.6. The molecule has 1 aliphatic rings. The molecule has 2 aromatic carbocycles. The van der Waals surface area contributed by atoms with Crippen LogP contribution in [-0.2, 0) is 16.0 Å². The van der Waals surface area contributed by atoms with Crippen molar-refractivity contribution in [3.05, 3.63) is 54.1 Å². The van der Waals surface area contributed by atoms with Gasteiger partial charge in [0.25, 0.3) is 0 Å². The molecule has 2 aromatic rings. The van der Waals surface area contributed by atoms with Gasteiger partial charge in [0.05, 0.1) is 6.61 Å². The van der Waals surface area contributed by atoms with Crippen LogP contribution in [0.2, 0.25) is 0 Å². The maximum absolute atomic E-state index is 11.9. The van der Waals surface area contributed by atoms with Gasteiger partial charge in [-0.05, 0) is 55.2 Å². The number of ether oxygens (including phenoxy) is 1. The lowest BCUT2D eigenvalue weighted by atomic mass is 10.0. The Morgan fingerprint density at radius 2 is 1.89 bits per heavy atom. The smallest absolute Gasteiger partial charge is 0.224 e. The van der Waals surface area contributed by atoms with Crippen LogP contribution in [0.4, 0.5) is 11.4 Å². The summed E-state index contributed by atoms with van der Waals surface area (Å²) in [5.41, 5.74) is 3.05. The summed E-state index contributed by atoms with van der Waals surface area (Å²) in [5.74, 6) is 0.891. The molecule has 1 heterocycles. The Kier molecular flexibility index (Phi) is 7.29. The number of aryl methyl sites for hydroxylation is 1. The molecule has 0 fully saturated rings. The minimum Gasteiger partial charge on any atom is -0.494 e. The van der Waals surface area contributed by atoms with E-state index >= 15 is 0 Å². The van der Waals surface area contributed by atoms with Crippen LogP contribution in [-0.4, -0.2) is 31.5 Å². The van der Waals surface area contributed by atoms with E-state index in [4.69, 9.17) is 4.74 Å². The number of rotatable bonds is 10. The fourth-order valence-electron chi connectivity index (χ4n) is 3.07. The van der Waals surface area contributed by atoms with Crippen LogP contribution in [0.15, 0.2) is 48.5 Å². The Hall–Kier alpha value is -3.02. The Morgan fingerprint density at radius 1 is 1.04 bits per heavy atom. The first-order valence-corrected chi connectivity index (χ1v) is 9.82. The fourth-order valence-corrected chi connectivity index (χ4v) is 3.07. The summed E-state index contributed by atoms with van der Waals surface area (Å²) in [6.45, 7) is 1.98. The molecule has 0 aliphatic carbocycles. The molecule has 3 N–H and O–H groups in total. The second-order valence-corrected chi connectivity index (χ2v) is 6.82. The largest absolute Gasteiger partial charge is 0.494 e. The van der Waals surface area contributed by atoms with E-state index in [9.17, 15) is 9.59 Å². The normalized spacial score (nSPS) is 12.6. The van der Waals surface area contributed by atoms with E-state index in [2.05, 4.69) is 16.0 Å². The SMILES string of the molecule is O=C(CCCOc1ccc2c(c1)CCC(=O)N2)NCCCNc1ccccc1. The second kappa shape index (κ2) is 10.3. The van der Waals surface area contributed by atoms with E-state index in [1.54, 1.807) is 0 Å². The van der Waals surface area contributed by atoms with Gasteiger partial charge in [0.15, 0.2) is 0 Å². The Morgan fingerprint density at radius 3 is 2.75 bits per heavy atom. The number of benzene rings is 2. The number of hydrogen-bond acceptors (Lipinski definition) is 4. The van der Waals surface area contributed by atoms with Crippen molar-refractivity contribution in [2.45, 2.75) is 32.1 Å². The van der Waals surface area contributed by atoms with Crippen molar-refractivity contribution in [1.29, 1.82) is 0 Å². The molecule has 3 rings (SSSR count). The first kappa shape index (κ1) is 19.7. The van der Waals surface area contributed by atoms with Gasteiger partial charge in [0.2, 0.25) is 11.8 Å². The maximum Gasteiger partial charge on any atom is 0.224 e. The number of fused-ring (bicyclic) bond motifs is 1. The number of amides is 2. The molecule has 148 valence electrons. The molecule has 0 unspecified atom stereocenters. The number of carbonyl (C=O) groups is 2. The van der Waals surface area contributed by atoms with Crippen LogP contribution < -0.4 is 20.7 Å². The van der Waals surface area contributed by atoms with E-state index in [-0.39, 0.29) is 11.8 Å². The van der Waals surface area contributed by atoms with Crippen molar-refractivity contribution in [3.8, 4) is 5.75 Å². The Labute approximate surface area is 165 Å². The van der Waals surface area contributed by atoms with Crippen molar-refractivity contribution >= 4 is 23.2 Å². The summed E-state index contributed by atoms with van der Waals surface area (Å²) < 4.78 is 5.74. The lowest BCUT2D eigenvalue weighted by Gasteiger charge is -2.17. The Balaban J connectivity index is 1.25. The molecule has 0 spiro atoms. The van der Waals surface area contributed by atoms with Gasteiger partial charge < -0.3 is 20.7 Å². The molecule has 0 bridgehead atoms. The lowest BCUT2D eigenvalue weighted by molar-refractivity contribution is -0.121. The van der Waals surface area contributed by atoms with Crippen LogP contribution >= 0.6 is 0 Å². The van der Waals surface area contributed by atoms with E-state index in [1.807, 2.05) is 48.5 Å². The highest BCUT2D eigenvalue weighted by atomic mass is 16.5. The van der Waals surface area contributed by atoms with Gasteiger partial charge in [0, 0.05) is 37.3 Å². The van der Waals surface area contributed by atoms with Crippen LogP contribution in [0.3, 0.4) is 0 Å². The summed E-state index contributed by atoms with van der Waals surface area (Å²) in [7, 11) is 0. The molecule has 28 heavy (non-hydrogen) atoms. The van der Waals surface area contributed by atoms with Gasteiger partial charge in [-0.25, -0.2) is 0 Å².